The fourth-order valence-corrected chi connectivity index (χ4v) is 3.54. The Labute approximate surface area is 220 Å². The number of benzene rings is 2. The van der Waals surface area contributed by atoms with E-state index in [0.29, 0.717) is 16.8 Å². The molecule has 2 amide bonds. The molecule has 0 fully saturated rings. The quantitative estimate of drug-likeness (QED) is 0.155. The first kappa shape index (κ1) is 27.9. The lowest BCUT2D eigenvalue weighted by molar-refractivity contribution is -0.122. The predicted octanol–water partition coefficient (Wildman–Crippen LogP) is 3.61. The number of rotatable bonds is 10. The maximum Gasteiger partial charge on any atom is 0.271 e. The third-order valence-corrected chi connectivity index (χ3v) is 5.39. The van der Waals surface area contributed by atoms with Gasteiger partial charge in [-0.2, -0.15) is 0 Å². The standard InChI is InChI=1S/C27H31FN6O4/c1-5-37-22-12-19(21(28)13-23(22)38-15(2)3)24(32-18-8-6-17(7-9-18)25(29)30)27(36)34-33-26(35)20-14-31-11-10-16(20)4/h6-15,24,32H,5H2,1-4H3,(H3,29,30)(H,33,35)(H,34,36). The van der Waals surface area contributed by atoms with Crippen molar-refractivity contribution in [3.8, 4) is 11.5 Å². The van der Waals surface area contributed by atoms with E-state index in [0.717, 1.165) is 0 Å². The predicted molar refractivity (Wildman–Crippen MR) is 142 cm³/mol. The highest BCUT2D eigenvalue weighted by Crippen LogP contribution is 2.35. The average Bonchev–Trinajstić information content (AvgIpc) is 2.87. The van der Waals surface area contributed by atoms with Crippen LogP contribution in [0.5, 0.6) is 11.5 Å². The number of halogens is 1. The molecule has 10 nitrogen and oxygen atoms in total. The summed E-state index contributed by atoms with van der Waals surface area (Å²) in [4.78, 5) is 29.9. The molecule has 0 saturated heterocycles. The van der Waals surface area contributed by atoms with E-state index in [1.54, 1.807) is 64.2 Å². The monoisotopic (exact) mass is 522 g/mol. The van der Waals surface area contributed by atoms with Crippen LogP contribution >= 0.6 is 0 Å². The Hall–Kier alpha value is -4.67. The fourth-order valence-electron chi connectivity index (χ4n) is 3.54. The summed E-state index contributed by atoms with van der Waals surface area (Å²) >= 11 is 0. The highest BCUT2D eigenvalue weighted by molar-refractivity contribution is 5.97. The van der Waals surface area contributed by atoms with Crippen LogP contribution in [0, 0.1) is 18.2 Å². The molecular formula is C27H31FN6O4. The number of nitrogens with zero attached hydrogens (tertiary/aromatic N) is 1. The molecule has 1 aromatic heterocycles. The molecule has 0 aliphatic heterocycles. The third kappa shape index (κ3) is 6.96. The van der Waals surface area contributed by atoms with Crippen molar-refractivity contribution >= 4 is 23.3 Å². The number of carbonyl (C=O) groups excluding carboxylic acids is 2. The van der Waals surface area contributed by atoms with Crippen LogP contribution < -0.4 is 31.4 Å². The molecule has 0 bridgehead atoms. The van der Waals surface area contributed by atoms with E-state index in [4.69, 9.17) is 20.6 Å². The van der Waals surface area contributed by atoms with Gasteiger partial charge >= 0.3 is 0 Å². The smallest absolute Gasteiger partial charge is 0.271 e. The van der Waals surface area contributed by atoms with E-state index in [1.165, 1.54) is 18.3 Å². The van der Waals surface area contributed by atoms with Crippen LogP contribution in [0.25, 0.3) is 0 Å². The maximum atomic E-state index is 15.4. The van der Waals surface area contributed by atoms with Gasteiger partial charge < -0.3 is 20.5 Å². The van der Waals surface area contributed by atoms with Gasteiger partial charge in [0.05, 0.1) is 18.3 Å². The van der Waals surface area contributed by atoms with Crippen molar-refractivity contribution in [2.75, 3.05) is 11.9 Å². The first-order valence-corrected chi connectivity index (χ1v) is 11.9. The molecule has 0 radical (unpaired) electrons. The summed E-state index contributed by atoms with van der Waals surface area (Å²) in [5.41, 5.74) is 12.1. The molecule has 0 saturated carbocycles. The number of hydrogen-bond acceptors (Lipinski definition) is 7. The average molecular weight is 523 g/mol. The molecule has 38 heavy (non-hydrogen) atoms. The second-order valence-corrected chi connectivity index (χ2v) is 8.62. The minimum atomic E-state index is -1.29. The van der Waals surface area contributed by atoms with Crippen LogP contribution in [-0.4, -0.2) is 35.3 Å². The minimum Gasteiger partial charge on any atom is -0.490 e. The molecule has 3 aromatic rings. The van der Waals surface area contributed by atoms with Crippen molar-refractivity contribution in [1.82, 2.24) is 15.8 Å². The maximum absolute atomic E-state index is 15.4. The number of amidine groups is 1. The summed E-state index contributed by atoms with van der Waals surface area (Å²) in [6.45, 7) is 7.40. The largest absolute Gasteiger partial charge is 0.490 e. The molecule has 3 rings (SSSR count). The van der Waals surface area contributed by atoms with Gasteiger partial charge in [0, 0.05) is 35.3 Å². The lowest BCUT2D eigenvalue weighted by atomic mass is 10.0. The Bertz CT molecular complexity index is 1310. The van der Waals surface area contributed by atoms with E-state index in [9.17, 15) is 9.59 Å². The van der Waals surface area contributed by atoms with Crippen LogP contribution in [0.1, 0.15) is 53.9 Å². The van der Waals surface area contributed by atoms with Gasteiger partial charge in [0.15, 0.2) is 11.5 Å². The number of aromatic nitrogens is 1. The molecular weight excluding hydrogens is 491 g/mol. The highest BCUT2D eigenvalue weighted by Gasteiger charge is 2.27. The summed E-state index contributed by atoms with van der Waals surface area (Å²) in [5.74, 6) is -1.69. The molecule has 1 heterocycles. The minimum absolute atomic E-state index is 0.0375. The van der Waals surface area contributed by atoms with Gasteiger partial charge in [-0.3, -0.25) is 30.8 Å². The van der Waals surface area contributed by atoms with Crippen molar-refractivity contribution in [3.05, 3.63) is 82.9 Å². The Morgan fingerprint density at radius 1 is 1.11 bits per heavy atom. The number of pyridine rings is 1. The van der Waals surface area contributed by atoms with E-state index in [2.05, 4.69) is 21.2 Å². The molecule has 1 unspecified atom stereocenters. The summed E-state index contributed by atoms with van der Waals surface area (Å²) in [5, 5.41) is 10.5. The van der Waals surface area contributed by atoms with Gasteiger partial charge in [0.25, 0.3) is 11.8 Å². The van der Waals surface area contributed by atoms with Crippen molar-refractivity contribution in [1.29, 1.82) is 5.41 Å². The van der Waals surface area contributed by atoms with Gasteiger partial charge in [-0.05, 0) is 69.7 Å². The zero-order chi connectivity index (χ0) is 27.8. The lowest BCUT2D eigenvalue weighted by Gasteiger charge is -2.23. The second-order valence-electron chi connectivity index (χ2n) is 8.62. The number of ether oxygens (including phenoxy) is 2. The van der Waals surface area contributed by atoms with Crippen LogP contribution in [0.15, 0.2) is 54.9 Å². The fraction of sp³-hybridized carbons (Fsp3) is 0.259. The SMILES string of the molecule is CCOc1cc(C(Nc2ccc(C(=N)N)cc2)C(=O)NNC(=O)c2cnccc2C)c(F)cc1OC(C)C. The van der Waals surface area contributed by atoms with E-state index >= 15 is 4.39 Å². The number of anilines is 1. The van der Waals surface area contributed by atoms with E-state index < -0.39 is 23.7 Å². The van der Waals surface area contributed by atoms with Crippen molar-refractivity contribution in [3.63, 3.8) is 0 Å². The lowest BCUT2D eigenvalue weighted by Crippen LogP contribution is -2.45. The van der Waals surface area contributed by atoms with E-state index in [-0.39, 0.29) is 41.2 Å². The van der Waals surface area contributed by atoms with Gasteiger partial charge in [0.2, 0.25) is 0 Å². The van der Waals surface area contributed by atoms with Gasteiger partial charge in [-0.25, -0.2) is 4.39 Å². The van der Waals surface area contributed by atoms with Crippen LogP contribution in [-0.2, 0) is 4.79 Å². The number of nitrogens with one attached hydrogen (secondary N) is 4. The molecule has 0 aliphatic rings. The Morgan fingerprint density at radius 2 is 1.82 bits per heavy atom. The summed E-state index contributed by atoms with van der Waals surface area (Å²) in [6, 6.07) is 9.32. The molecule has 1 atom stereocenters. The molecule has 200 valence electrons. The van der Waals surface area contributed by atoms with Crippen molar-refractivity contribution in [2.45, 2.75) is 39.8 Å². The molecule has 2 aromatic carbocycles. The van der Waals surface area contributed by atoms with Gasteiger partial charge in [0.1, 0.15) is 17.7 Å². The first-order valence-electron chi connectivity index (χ1n) is 11.9. The molecule has 0 spiro atoms. The molecule has 0 aliphatic carbocycles. The number of carbonyl (C=O) groups is 2. The second kappa shape index (κ2) is 12.5. The normalized spacial score (nSPS) is 11.4. The van der Waals surface area contributed by atoms with Crippen molar-refractivity contribution < 1.29 is 23.5 Å². The van der Waals surface area contributed by atoms with Crippen LogP contribution in [0.4, 0.5) is 10.1 Å². The molecule has 11 heteroatoms. The van der Waals surface area contributed by atoms with Crippen LogP contribution in [0.2, 0.25) is 0 Å². The summed E-state index contributed by atoms with van der Waals surface area (Å²) in [7, 11) is 0. The zero-order valence-electron chi connectivity index (χ0n) is 21.6. The highest BCUT2D eigenvalue weighted by atomic mass is 19.1. The molecule has 6 N–H and O–H groups in total. The number of hydrazine groups is 1. The van der Waals surface area contributed by atoms with Crippen LogP contribution in [0.3, 0.4) is 0 Å². The first-order chi connectivity index (χ1) is 18.1. The number of amides is 2. The number of hydrogen-bond donors (Lipinski definition) is 5. The topological polar surface area (TPSA) is 151 Å². The van der Waals surface area contributed by atoms with Gasteiger partial charge in [-0.15, -0.1) is 0 Å². The number of nitrogens with two attached hydrogens (primary N) is 1. The van der Waals surface area contributed by atoms with Gasteiger partial charge in [-0.1, -0.05) is 0 Å². The van der Waals surface area contributed by atoms with E-state index in [1.807, 2.05) is 0 Å². The Kier molecular flexibility index (Phi) is 9.20. The van der Waals surface area contributed by atoms with Crippen molar-refractivity contribution in [2.24, 2.45) is 5.73 Å². The zero-order valence-corrected chi connectivity index (χ0v) is 21.6. The Morgan fingerprint density at radius 3 is 2.42 bits per heavy atom. The summed E-state index contributed by atoms with van der Waals surface area (Å²) in [6.07, 6.45) is 2.69. The Balaban J connectivity index is 1.95. The number of aryl methyl sites for hydroxylation is 1. The third-order valence-electron chi connectivity index (χ3n) is 5.39. The summed E-state index contributed by atoms with van der Waals surface area (Å²) < 4.78 is 26.8. The number of nitrogen functional groups attached to an aromatic ring is 1.